The highest BCUT2D eigenvalue weighted by molar-refractivity contribution is 7.47. The number of carbonyl (C=O) groups is 2. The number of aliphatic hydroxyl groups is 2. The topological polar surface area (TPSA) is 149 Å². The molecule has 1 unspecified atom stereocenters. The quantitative estimate of drug-likeness (QED) is 0.0316. The number of carbonyl (C=O) groups excluding carboxylic acids is 2. The van der Waals surface area contributed by atoms with Crippen molar-refractivity contribution >= 4 is 19.8 Å². The highest BCUT2D eigenvalue weighted by Crippen LogP contribution is 2.43. The summed E-state index contributed by atoms with van der Waals surface area (Å²) in [5.41, 5.74) is 0. The summed E-state index contributed by atoms with van der Waals surface area (Å²) in [5, 5.41) is 18.3. The Morgan fingerprint density at radius 2 is 0.860 bits per heavy atom. The Morgan fingerprint density at radius 3 is 1.24 bits per heavy atom. The van der Waals surface area contributed by atoms with Crippen molar-refractivity contribution in [1.29, 1.82) is 0 Å². The summed E-state index contributed by atoms with van der Waals surface area (Å²) in [6.45, 7) is 2.40. The lowest BCUT2D eigenvalue weighted by atomic mass is 10.0. The van der Waals surface area contributed by atoms with E-state index in [9.17, 15) is 24.2 Å². The van der Waals surface area contributed by atoms with Crippen molar-refractivity contribution < 1.29 is 47.8 Å². The van der Waals surface area contributed by atoms with Crippen molar-refractivity contribution in [3.05, 3.63) is 0 Å². The molecule has 0 aliphatic heterocycles. The molecule has 0 amide bonds. The molecule has 0 saturated carbocycles. The maximum Gasteiger partial charge on any atom is 0.472 e. The minimum Gasteiger partial charge on any atom is -0.462 e. The second-order valence-electron chi connectivity index (χ2n) is 14.0. The largest absolute Gasteiger partial charge is 0.472 e. The Hall–Kier alpha value is -1.03. The van der Waals surface area contributed by atoms with E-state index in [1.165, 1.54) is 122 Å². The molecule has 0 bridgehead atoms. The molecule has 50 heavy (non-hydrogen) atoms. The molecule has 0 radical (unpaired) electrons. The summed E-state index contributed by atoms with van der Waals surface area (Å²) >= 11 is 0. The predicted molar refractivity (Wildman–Crippen MR) is 201 cm³/mol. The predicted octanol–water partition coefficient (Wildman–Crippen LogP) is 10.3. The Labute approximate surface area is 305 Å². The first-order valence-electron chi connectivity index (χ1n) is 20.5. The van der Waals surface area contributed by atoms with Gasteiger partial charge in [-0.25, -0.2) is 4.57 Å². The summed E-state index contributed by atoms with van der Waals surface area (Å²) in [6, 6.07) is 0. The number of hydrogen-bond donors (Lipinski definition) is 3. The van der Waals surface area contributed by atoms with Crippen LogP contribution >= 0.6 is 7.82 Å². The van der Waals surface area contributed by atoms with Gasteiger partial charge in [-0.05, 0) is 12.8 Å². The van der Waals surface area contributed by atoms with Crippen LogP contribution in [0.15, 0.2) is 0 Å². The van der Waals surface area contributed by atoms with Gasteiger partial charge in [-0.1, -0.05) is 174 Å². The third kappa shape index (κ3) is 35.4. The molecular formula is C39H77O10P. The number of unbranched alkanes of at least 4 members (excludes halogenated alkanes) is 25. The number of hydrogen-bond acceptors (Lipinski definition) is 9. The van der Waals surface area contributed by atoms with Gasteiger partial charge in [0.1, 0.15) is 12.7 Å². The molecule has 0 fully saturated rings. The van der Waals surface area contributed by atoms with Gasteiger partial charge in [-0.2, -0.15) is 0 Å². The second kappa shape index (κ2) is 36.3. The van der Waals surface area contributed by atoms with Gasteiger partial charge < -0.3 is 24.6 Å². The van der Waals surface area contributed by atoms with E-state index in [0.717, 1.165) is 38.5 Å². The Bertz CT molecular complexity index is 812. The van der Waals surface area contributed by atoms with Gasteiger partial charge in [0.15, 0.2) is 6.10 Å². The fraction of sp³-hybridized carbons (Fsp3) is 0.949. The van der Waals surface area contributed by atoms with Crippen LogP contribution < -0.4 is 0 Å². The van der Waals surface area contributed by atoms with Crippen molar-refractivity contribution in [2.24, 2.45) is 0 Å². The molecule has 0 saturated heterocycles. The lowest BCUT2D eigenvalue weighted by Crippen LogP contribution is -2.29. The van der Waals surface area contributed by atoms with Crippen LogP contribution in [0.5, 0.6) is 0 Å². The first-order chi connectivity index (χ1) is 24.2. The molecule has 0 aromatic heterocycles. The van der Waals surface area contributed by atoms with E-state index in [4.69, 9.17) is 19.1 Å². The van der Waals surface area contributed by atoms with Crippen molar-refractivity contribution in [3.63, 3.8) is 0 Å². The SMILES string of the molecule is CCCCCCCCCCCCCCCCC(=O)O[C@H](COC(=O)CCCCCCCCCCCCCCC)COP(=O)(O)OC[C@@H](O)CO. The van der Waals surface area contributed by atoms with Gasteiger partial charge in [-0.3, -0.25) is 18.6 Å². The molecule has 11 heteroatoms. The van der Waals surface area contributed by atoms with E-state index in [1.807, 2.05) is 0 Å². The van der Waals surface area contributed by atoms with E-state index >= 15 is 0 Å². The minimum atomic E-state index is -4.60. The first-order valence-corrected chi connectivity index (χ1v) is 22.0. The van der Waals surface area contributed by atoms with Crippen LogP contribution in [0.4, 0.5) is 0 Å². The van der Waals surface area contributed by atoms with E-state index < -0.39 is 51.8 Å². The third-order valence-electron chi connectivity index (χ3n) is 9.01. The van der Waals surface area contributed by atoms with Crippen LogP contribution in [0.3, 0.4) is 0 Å². The van der Waals surface area contributed by atoms with Crippen LogP contribution in [-0.4, -0.2) is 65.7 Å². The van der Waals surface area contributed by atoms with Crippen molar-refractivity contribution in [3.8, 4) is 0 Å². The summed E-state index contributed by atoms with van der Waals surface area (Å²) in [5.74, 6) is -0.912. The molecule has 0 aliphatic rings. The first kappa shape index (κ1) is 49.0. The minimum absolute atomic E-state index is 0.192. The lowest BCUT2D eigenvalue weighted by Gasteiger charge is -2.20. The molecular weight excluding hydrogens is 659 g/mol. The highest BCUT2D eigenvalue weighted by atomic mass is 31.2. The van der Waals surface area contributed by atoms with E-state index in [-0.39, 0.29) is 19.4 Å². The number of rotatable bonds is 39. The smallest absolute Gasteiger partial charge is 0.462 e. The molecule has 3 N–H and O–H groups in total. The molecule has 0 aromatic rings. The number of phosphoric acid groups is 1. The zero-order valence-electron chi connectivity index (χ0n) is 32.1. The molecule has 0 spiro atoms. The average Bonchev–Trinajstić information content (AvgIpc) is 3.10. The van der Waals surface area contributed by atoms with E-state index in [1.54, 1.807) is 0 Å². The van der Waals surface area contributed by atoms with Crippen LogP contribution in [0.2, 0.25) is 0 Å². The number of aliphatic hydroxyl groups excluding tert-OH is 2. The van der Waals surface area contributed by atoms with E-state index in [0.29, 0.717) is 12.8 Å². The van der Waals surface area contributed by atoms with Gasteiger partial charge >= 0.3 is 19.8 Å². The molecule has 3 atom stereocenters. The lowest BCUT2D eigenvalue weighted by molar-refractivity contribution is -0.161. The van der Waals surface area contributed by atoms with Gasteiger partial charge in [0, 0.05) is 12.8 Å². The summed E-state index contributed by atoms with van der Waals surface area (Å²) in [4.78, 5) is 34.9. The maximum absolute atomic E-state index is 12.6. The number of esters is 2. The van der Waals surface area contributed by atoms with Crippen LogP contribution in [-0.2, 0) is 32.7 Å². The summed E-state index contributed by atoms with van der Waals surface area (Å²) < 4.78 is 32.6. The number of phosphoric ester groups is 1. The average molecular weight is 737 g/mol. The summed E-state index contributed by atoms with van der Waals surface area (Å²) in [7, 11) is -4.60. The monoisotopic (exact) mass is 737 g/mol. The Balaban J connectivity index is 4.29. The number of ether oxygens (including phenoxy) is 2. The maximum atomic E-state index is 12.6. The molecule has 0 aromatic carbocycles. The molecule has 0 rings (SSSR count). The van der Waals surface area contributed by atoms with Crippen molar-refractivity contribution in [2.75, 3.05) is 26.4 Å². The highest BCUT2D eigenvalue weighted by Gasteiger charge is 2.27. The summed E-state index contributed by atoms with van der Waals surface area (Å²) in [6.07, 6.45) is 30.6. The Morgan fingerprint density at radius 1 is 0.520 bits per heavy atom. The molecule has 0 aliphatic carbocycles. The van der Waals surface area contributed by atoms with Gasteiger partial charge in [0.25, 0.3) is 0 Å². The van der Waals surface area contributed by atoms with Crippen LogP contribution in [0.1, 0.15) is 200 Å². The Kier molecular flexibility index (Phi) is 35.6. The standard InChI is InChI=1S/C39H77O10P/c1-3-5-7-9-11-13-15-17-19-21-23-25-27-29-31-39(43)49-37(35-48-50(44,45)47-33-36(41)32-40)34-46-38(42)30-28-26-24-22-20-18-16-14-12-10-8-6-4-2/h36-37,40-41H,3-35H2,1-2H3,(H,44,45)/t36-,37+/m0/s1. The fourth-order valence-corrected chi connectivity index (χ4v) is 6.61. The zero-order valence-corrected chi connectivity index (χ0v) is 33.0. The van der Waals surface area contributed by atoms with E-state index in [2.05, 4.69) is 18.4 Å². The third-order valence-corrected chi connectivity index (χ3v) is 9.96. The molecule has 0 heterocycles. The van der Waals surface area contributed by atoms with Crippen LogP contribution in [0, 0.1) is 0 Å². The normalized spacial score (nSPS) is 13.9. The van der Waals surface area contributed by atoms with Gasteiger partial charge in [-0.15, -0.1) is 0 Å². The van der Waals surface area contributed by atoms with Gasteiger partial charge in [0.05, 0.1) is 19.8 Å². The van der Waals surface area contributed by atoms with Crippen molar-refractivity contribution in [2.45, 2.75) is 212 Å². The van der Waals surface area contributed by atoms with Crippen molar-refractivity contribution in [1.82, 2.24) is 0 Å². The van der Waals surface area contributed by atoms with Crippen LogP contribution in [0.25, 0.3) is 0 Å². The van der Waals surface area contributed by atoms with Gasteiger partial charge in [0.2, 0.25) is 0 Å². The molecule has 298 valence electrons. The molecule has 10 nitrogen and oxygen atoms in total. The second-order valence-corrected chi connectivity index (χ2v) is 15.5. The zero-order chi connectivity index (χ0) is 37.0. The fourth-order valence-electron chi connectivity index (χ4n) is 5.82.